The van der Waals surface area contributed by atoms with Crippen molar-refractivity contribution in [1.82, 2.24) is 0 Å². The van der Waals surface area contributed by atoms with Crippen LogP contribution in [-0.4, -0.2) is 8.42 Å². The minimum absolute atomic E-state index is 0.109. The zero-order chi connectivity index (χ0) is 15.3. The lowest BCUT2D eigenvalue weighted by Gasteiger charge is -2.07. The maximum absolute atomic E-state index is 12.0. The van der Waals surface area contributed by atoms with Gasteiger partial charge in [-0.05, 0) is 36.8 Å². The summed E-state index contributed by atoms with van der Waals surface area (Å²) in [5.41, 5.74) is 1.37. The summed E-state index contributed by atoms with van der Waals surface area (Å²) in [5, 5.41) is 0. The predicted octanol–water partition coefficient (Wildman–Crippen LogP) is 3.73. The second-order valence-corrected chi connectivity index (χ2v) is 5.86. The minimum atomic E-state index is -3.82. The Morgan fingerprint density at radius 3 is 2.29 bits per heavy atom. The maximum atomic E-state index is 12.0. The Morgan fingerprint density at radius 1 is 1.10 bits per heavy atom. The molecule has 0 bridgehead atoms. The predicted molar refractivity (Wildman–Crippen MR) is 81.0 cm³/mol. The molecule has 0 aliphatic heterocycles. The topological polar surface area (TPSA) is 47.7 Å². The maximum Gasteiger partial charge on any atom is 0.339 e. The first-order valence-corrected chi connectivity index (χ1v) is 7.57. The van der Waals surface area contributed by atoms with E-state index in [1.54, 1.807) is 55.5 Å². The Labute approximate surface area is 124 Å². The van der Waals surface area contributed by atoms with Crippen LogP contribution in [0.4, 0.5) is 0 Å². The molecule has 0 saturated heterocycles. The molecule has 0 atom stereocenters. The molecular weight excluding hydrogens is 286 g/mol. The molecule has 2 rings (SSSR count). The molecule has 0 heterocycles. The van der Waals surface area contributed by atoms with Crippen molar-refractivity contribution in [1.29, 1.82) is 0 Å². The smallest absolute Gasteiger partial charge is 0.339 e. The largest absolute Gasteiger partial charge is 0.379 e. The Balaban J connectivity index is 2.20. The van der Waals surface area contributed by atoms with Gasteiger partial charge in [-0.3, -0.25) is 0 Å². The van der Waals surface area contributed by atoms with E-state index in [4.69, 9.17) is 10.8 Å². The van der Waals surface area contributed by atoms with Gasteiger partial charge in [-0.25, -0.2) is 4.85 Å². The second-order valence-electron chi connectivity index (χ2n) is 4.32. The summed E-state index contributed by atoms with van der Waals surface area (Å²) in [7, 11) is -3.82. The van der Waals surface area contributed by atoms with Crippen LogP contribution < -0.4 is 4.18 Å². The van der Waals surface area contributed by atoms with Crippen molar-refractivity contribution in [2.45, 2.75) is 11.8 Å². The standard InChI is InChI=1S/C16H13NO3S/c1-13(17-2)12-14-8-10-15(11-9-14)20-21(18,19)16-6-4-3-5-7-16/h3-12H,1H3/b13-12-. The number of benzene rings is 2. The average Bonchev–Trinajstić information content (AvgIpc) is 2.50. The van der Waals surface area contributed by atoms with E-state index in [1.807, 2.05) is 0 Å². The first-order valence-electron chi connectivity index (χ1n) is 6.16. The molecule has 0 fully saturated rings. The van der Waals surface area contributed by atoms with E-state index in [1.165, 1.54) is 12.1 Å². The molecule has 0 aliphatic rings. The molecule has 2 aromatic carbocycles. The fourth-order valence-electron chi connectivity index (χ4n) is 1.66. The Morgan fingerprint density at radius 2 is 1.71 bits per heavy atom. The average molecular weight is 299 g/mol. The Hall–Kier alpha value is -2.58. The molecule has 4 nitrogen and oxygen atoms in total. The number of hydrogen-bond acceptors (Lipinski definition) is 3. The molecule has 0 saturated carbocycles. The molecule has 0 spiro atoms. The second kappa shape index (κ2) is 6.25. The summed E-state index contributed by atoms with van der Waals surface area (Å²) in [6, 6.07) is 14.5. The lowest BCUT2D eigenvalue weighted by molar-refractivity contribution is 0.486. The van der Waals surface area contributed by atoms with E-state index in [-0.39, 0.29) is 10.6 Å². The Kier molecular flexibility index (Phi) is 4.41. The summed E-state index contributed by atoms with van der Waals surface area (Å²) >= 11 is 0. The number of hydrogen-bond donors (Lipinski definition) is 0. The van der Waals surface area contributed by atoms with Crippen LogP contribution in [0.1, 0.15) is 12.5 Å². The summed E-state index contributed by atoms with van der Waals surface area (Å²) < 4.78 is 29.1. The monoisotopic (exact) mass is 299 g/mol. The van der Waals surface area contributed by atoms with Gasteiger partial charge in [-0.15, -0.1) is 0 Å². The molecule has 0 aliphatic carbocycles. The number of rotatable bonds is 4. The highest BCUT2D eigenvalue weighted by Crippen LogP contribution is 2.20. The van der Waals surface area contributed by atoms with Gasteiger partial charge in [0.2, 0.25) is 0 Å². The SMILES string of the molecule is [C-]#[N+]/C(C)=C\c1ccc(OS(=O)(=O)c2ccccc2)cc1. The quantitative estimate of drug-likeness (QED) is 0.638. The van der Waals surface area contributed by atoms with Crippen LogP contribution in [0.15, 0.2) is 65.2 Å². The van der Waals surface area contributed by atoms with Gasteiger partial charge in [-0.1, -0.05) is 36.4 Å². The van der Waals surface area contributed by atoms with Crippen molar-refractivity contribution in [2.24, 2.45) is 0 Å². The van der Waals surface area contributed by atoms with Gasteiger partial charge in [0.25, 0.3) is 0 Å². The summed E-state index contributed by atoms with van der Waals surface area (Å²) in [4.78, 5) is 3.40. The normalized spacial score (nSPS) is 11.7. The van der Waals surface area contributed by atoms with Gasteiger partial charge in [-0.2, -0.15) is 8.42 Å². The third-order valence-electron chi connectivity index (χ3n) is 2.67. The van der Waals surface area contributed by atoms with Gasteiger partial charge in [0.15, 0.2) is 5.70 Å². The van der Waals surface area contributed by atoms with Crippen LogP contribution in [-0.2, 0) is 10.1 Å². The van der Waals surface area contributed by atoms with E-state index < -0.39 is 10.1 Å². The highest BCUT2D eigenvalue weighted by Gasteiger charge is 2.15. The highest BCUT2D eigenvalue weighted by atomic mass is 32.2. The molecule has 2 aromatic rings. The molecule has 5 heteroatoms. The Bertz CT molecular complexity index is 786. The molecule has 21 heavy (non-hydrogen) atoms. The van der Waals surface area contributed by atoms with Crippen molar-refractivity contribution in [3.05, 3.63) is 77.3 Å². The fraction of sp³-hybridized carbons (Fsp3) is 0.0625. The number of allylic oxidation sites excluding steroid dienone is 1. The van der Waals surface area contributed by atoms with Crippen molar-refractivity contribution >= 4 is 16.2 Å². The summed E-state index contributed by atoms with van der Waals surface area (Å²) in [5.74, 6) is 0.233. The van der Waals surface area contributed by atoms with E-state index in [0.717, 1.165) is 5.56 Å². The lowest BCUT2D eigenvalue weighted by atomic mass is 10.2. The van der Waals surface area contributed by atoms with Crippen LogP contribution in [0.25, 0.3) is 10.9 Å². The molecule has 0 amide bonds. The molecule has 0 N–H and O–H groups in total. The van der Waals surface area contributed by atoms with E-state index in [0.29, 0.717) is 5.70 Å². The third-order valence-corrected chi connectivity index (χ3v) is 3.93. The van der Waals surface area contributed by atoms with Crippen LogP contribution in [0, 0.1) is 6.57 Å². The summed E-state index contributed by atoms with van der Waals surface area (Å²) in [6.45, 7) is 8.57. The van der Waals surface area contributed by atoms with Gasteiger partial charge >= 0.3 is 10.1 Å². The van der Waals surface area contributed by atoms with Gasteiger partial charge in [0.05, 0.1) is 6.57 Å². The van der Waals surface area contributed by atoms with E-state index in [2.05, 4.69) is 4.85 Å². The van der Waals surface area contributed by atoms with Gasteiger partial charge < -0.3 is 4.18 Å². The molecular formula is C16H13NO3S. The molecule has 106 valence electrons. The number of nitrogens with zero attached hydrogens (tertiary/aromatic N) is 1. The zero-order valence-corrected chi connectivity index (χ0v) is 12.2. The first-order chi connectivity index (χ1) is 10.0. The van der Waals surface area contributed by atoms with Crippen LogP contribution in [0.3, 0.4) is 0 Å². The van der Waals surface area contributed by atoms with E-state index in [9.17, 15) is 8.42 Å². The molecule has 0 aromatic heterocycles. The lowest BCUT2D eigenvalue weighted by Crippen LogP contribution is -2.09. The zero-order valence-electron chi connectivity index (χ0n) is 11.4. The minimum Gasteiger partial charge on any atom is -0.379 e. The van der Waals surface area contributed by atoms with Crippen LogP contribution in [0.2, 0.25) is 0 Å². The van der Waals surface area contributed by atoms with E-state index >= 15 is 0 Å². The summed E-state index contributed by atoms with van der Waals surface area (Å²) in [6.07, 6.45) is 1.71. The third kappa shape index (κ3) is 3.94. The van der Waals surface area contributed by atoms with Crippen molar-refractivity contribution in [3.63, 3.8) is 0 Å². The van der Waals surface area contributed by atoms with Crippen molar-refractivity contribution in [2.75, 3.05) is 0 Å². The molecule has 0 radical (unpaired) electrons. The van der Waals surface area contributed by atoms with Crippen LogP contribution >= 0.6 is 0 Å². The fourth-order valence-corrected chi connectivity index (χ4v) is 2.61. The van der Waals surface area contributed by atoms with Crippen LogP contribution in [0.5, 0.6) is 5.75 Å². The van der Waals surface area contributed by atoms with Crippen molar-refractivity contribution in [3.8, 4) is 5.75 Å². The van der Waals surface area contributed by atoms with Gasteiger partial charge in [0, 0.05) is 0 Å². The molecule has 0 unspecified atom stereocenters. The highest BCUT2D eigenvalue weighted by molar-refractivity contribution is 7.87. The van der Waals surface area contributed by atoms with Gasteiger partial charge in [0.1, 0.15) is 10.6 Å². The van der Waals surface area contributed by atoms with Crippen molar-refractivity contribution < 1.29 is 12.6 Å². The first kappa shape index (κ1) is 14.8.